The first-order valence-electron chi connectivity index (χ1n) is 6.32. The molecule has 0 bridgehead atoms. The number of rotatable bonds is 4. The van der Waals surface area contributed by atoms with E-state index in [2.05, 4.69) is 23.5 Å². The number of hydrogen-bond acceptors (Lipinski definition) is 4. The molecule has 0 fully saturated rings. The van der Waals surface area contributed by atoms with E-state index in [-0.39, 0.29) is 11.5 Å². The second-order valence-corrected chi connectivity index (χ2v) is 4.76. The van der Waals surface area contributed by atoms with Crippen LogP contribution >= 0.6 is 0 Å². The molecule has 1 aromatic carbocycles. The van der Waals surface area contributed by atoms with Gasteiger partial charge in [0.1, 0.15) is 5.82 Å². The van der Waals surface area contributed by atoms with Crippen molar-refractivity contribution in [1.29, 1.82) is 0 Å². The van der Waals surface area contributed by atoms with E-state index < -0.39 is 5.82 Å². The molecule has 1 aromatic heterocycles. The third-order valence-electron chi connectivity index (χ3n) is 2.97. The summed E-state index contributed by atoms with van der Waals surface area (Å²) in [7, 11) is 0. The van der Waals surface area contributed by atoms with Crippen molar-refractivity contribution in [1.82, 2.24) is 4.98 Å². The summed E-state index contributed by atoms with van der Waals surface area (Å²) in [4.78, 5) is 3.99. The van der Waals surface area contributed by atoms with Crippen molar-refractivity contribution in [3.8, 4) is 0 Å². The molecule has 0 spiro atoms. The molecule has 2 aromatic rings. The molecular weight excluding hydrogens is 267 g/mol. The van der Waals surface area contributed by atoms with Crippen LogP contribution in [0, 0.1) is 5.82 Å². The Kier molecular flexibility index (Phi) is 3.93. The van der Waals surface area contributed by atoms with Gasteiger partial charge in [-0.05, 0) is 30.7 Å². The maximum Gasteiger partial charge on any atom is 0.166 e. The Hall–Kier alpha value is -2.82. The van der Waals surface area contributed by atoms with Crippen LogP contribution in [0.4, 0.5) is 21.7 Å². The molecule has 5 heteroatoms. The third kappa shape index (κ3) is 3.20. The van der Waals surface area contributed by atoms with E-state index in [1.165, 1.54) is 6.07 Å². The number of pyridine rings is 1. The number of nitrogens with one attached hydrogen (secondary N) is 1. The minimum atomic E-state index is -0.627. The molecule has 2 rings (SSSR count). The first-order valence-corrected chi connectivity index (χ1v) is 6.32. The normalized spacial score (nSPS) is 10.2. The molecule has 0 aliphatic carbocycles. The Morgan fingerprint density at radius 2 is 2.00 bits per heavy atom. The summed E-state index contributed by atoms with van der Waals surface area (Å²) >= 11 is 0. The summed E-state index contributed by atoms with van der Waals surface area (Å²) < 4.78 is 13.5. The Bertz CT molecular complexity index is 722. The van der Waals surface area contributed by atoms with Crippen LogP contribution in [0.3, 0.4) is 0 Å². The van der Waals surface area contributed by atoms with E-state index in [4.69, 9.17) is 11.5 Å². The standard InChI is InChI=1S/C16H17FN4/c1-9(2)11-5-4-6-12(7-11)20-16-13(10(3)18)8-14(17)15(19)21-16/h4-8H,1,3,18H2,2H3,(H3,19,20,21). The van der Waals surface area contributed by atoms with Crippen LogP contribution < -0.4 is 16.8 Å². The number of nitrogen functional groups attached to an aromatic ring is 1. The van der Waals surface area contributed by atoms with Crippen molar-refractivity contribution in [2.45, 2.75) is 6.92 Å². The summed E-state index contributed by atoms with van der Waals surface area (Å²) in [6.45, 7) is 9.44. The van der Waals surface area contributed by atoms with E-state index >= 15 is 0 Å². The molecule has 5 N–H and O–H groups in total. The Balaban J connectivity index is 2.43. The van der Waals surface area contributed by atoms with Gasteiger partial charge in [-0.1, -0.05) is 30.9 Å². The lowest BCUT2D eigenvalue weighted by molar-refractivity contribution is 0.627. The van der Waals surface area contributed by atoms with E-state index in [0.717, 1.165) is 16.8 Å². The van der Waals surface area contributed by atoms with Crippen LogP contribution in [0.15, 0.2) is 43.5 Å². The van der Waals surface area contributed by atoms with Crippen LogP contribution in [-0.4, -0.2) is 4.98 Å². The van der Waals surface area contributed by atoms with Crippen LogP contribution in [0.2, 0.25) is 0 Å². The lowest BCUT2D eigenvalue weighted by atomic mass is 10.1. The quantitative estimate of drug-likeness (QED) is 0.803. The van der Waals surface area contributed by atoms with Gasteiger partial charge in [-0.2, -0.15) is 0 Å². The predicted octanol–water partition coefficient (Wildman–Crippen LogP) is 3.51. The molecule has 0 atom stereocenters. The zero-order chi connectivity index (χ0) is 15.6. The minimum Gasteiger partial charge on any atom is -0.399 e. The number of aromatic nitrogens is 1. The summed E-state index contributed by atoms with van der Waals surface area (Å²) in [5.41, 5.74) is 14.5. The molecular formula is C16H17FN4. The predicted molar refractivity (Wildman–Crippen MR) is 86.3 cm³/mol. The van der Waals surface area contributed by atoms with Crippen molar-refractivity contribution in [2.24, 2.45) is 5.73 Å². The molecule has 0 radical (unpaired) electrons. The number of allylic oxidation sites excluding steroid dienone is 1. The maximum atomic E-state index is 13.5. The van der Waals surface area contributed by atoms with Crippen molar-refractivity contribution in [3.63, 3.8) is 0 Å². The smallest absolute Gasteiger partial charge is 0.166 e. The molecule has 108 valence electrons. The van der Waals surface area contributed by atoms with Gasteiger partial charge in [0.2, 0.25) is 0 Å². The van der Waals surface area contributed by atoms with Crippen molar-refractivity contribution >= 4 is 28.6 Å². The highest BCUT2D eigenvalue weighted by molar-refractivity contribution is 5.76. The number of anilines is 3. The number of benzene rings is 1. The third-order valence-corrected chi connectivity index (χ3v) is 2.97. The van der Waals surface area contributed by atoms with Crippen LogP contribution in [0.5, 0.6) is 0 Å². The van der Waals surface area contributed by atoms with Gasteiger partial charge in [0.25, 0.3) is 0 Å². The van der Waals surface area contributed by atoms with E-state index in [1.807, 2.05) is 31.2 Å². The molecule has 0 aliphatic rings. The first-order chi connectivity index (χ1) is 9.88. The molecule has 1 heterocycles. The second-order valence-electron chi connectivity index (χ2n) is 4.76. The van der Waals surface area contributed by atoms with Gasteiger partial charge in [-0.25, -0.2) is 9.37 Å². The topological polar surface area (TPSA) is 77.0 Å². The largest absolute Gasteiger partial charge is 0.399 e. The highest BCUT2D eigenvalue weighted by Crippen LogP contribution is 2.26. The number of halogens is 1. The maximum absolute atomic E-state index is 13.5. The van der Waals surface area contributed by atoms with Gasteiger partial charge in [-0.3, -0.25) is 0 Å². The first kappa shape index (κ1) is 14.6. The van der Waals surface area contributed by atoms with Crippen molar-refractivity contribution in [2.75, 3.05) is 11.1 Å². The minimum absolute atomic E-state index is 0.196. The molecule has 0 aliphatic heterocycles. The average molecular weight is 284 g/mol. The molecule has 0 saturated heterocycles. The molecule has 4 nitrogen and oxygen atoms in total. The summed E-state index contributed by atoms with van der Waals surface area (Å²) in [6, 6.07) is 8.82. The lowest BCUT2D eigenvalue weighted by Gasteiger charge is -2.13. The van der Waals surface area contributed by atoms with Gasteiger partial charge < -0.3 is 16.8 Å². The molecule has 21 heavy (non-hydrogen) atoms. The zero-order valence-corrected chi connectivity index (χ0v) is 11.8. The van der Waals surface area contributed by atoms with E-state index in [0.29, 0.717) is 11.4 Å². The fourth-order valence-electron chi connectivity index (χ4n) is 1.84. The van der Waals surface area contributed by atoms with Gasteiger partial charge in [0.05, 0.1) is 0 Å². The average Bonchev–Trinajstić information content (AvgIpc) is 2.42. The summed E-state index contributed by atoms with van der Waals surface area (Å²) in [5, 5.41) is 3.08. The summed E-state index contributed by atoms with van der Waals surface area (Å²) in [6.07, 6.45) is 0. The van der Waals surface area contributed by atoms with Crippen LogP contribution in [0.1, 0.15) is 18.1 Å². The van der Waals surface area contributed by atoms with Crippen molar-refractivity contribution in [3.05, 3.63) is 60.4 Å². The Morgan fingerprint density at radius 3 is 2.62 bits per heavy atom. The fraction of sp³-hybridized carbons (Fsp3) is 0.0625. The SMILES string of the molecule is C=C(C)c1cccc(Nc2nc(N)c(F)cc2C(=C)N)c1. The highest BCUT2D eigenvalue weighted by atomic mass is 19.1. The van der Waals surface area contributed by atoms with Crippen LogP contribution in [0.25, 0.3) is 11.3 Å². The zero-order valence-electron chi connectivity index (χ0n) is 11.8. The van der Waals surface area contributed by atoms with E-state index in [1.54, 1.807) is 0 Å². The van der Waals surface area contributed by atoms with Crippen LogP contribution in [-0.2, 0) is 0 Å². The monoisotopic (exact) mass is 284 g/mol. The van der Waals surface area contributed by atoms with Crippen molar-refractivity contribution < 1.29 is 4.39 Å². The molecule has 0 unspecified atom stereocenters. The Labute approximate surface area is 123 Å². The second kappa shape index (κ2) is 5.66. The Morgan fingerprint density at radius 1 is 1.29 bits per heavy atom. The fourth-order valence-corrected chi connectivity index (χ4v) is 1.84. The number of nitrogens with zero attached hydrogens (tertiary/aromatic N) is 1. The van der Waals surface area contributed by atoms with Gasteiger partial charge in [0.15, 0.2) is 11.6 Å². The van der Waals surface area contributed by atoms with Gasteiger partial charge in [0, 0.05) is 16.9 Å². The highest BCUT2D eigenvalue weighted by Gasteiger charge is 2.11. The summed E-state index contributed by atoms with van der Waals surface area (Å²) in [5.74, 6) is -0.461. The number of nitrogens with two attached hydrogens (primary N) is 2. The van der Waals surface area contributed by atoms with Gasteiger partial charge >= 0.3 is 0 Å². The van der Waals surface area contributed by atoms with Gasteiger partial charge in [-0.15, -0.1) is 0 Å². The molecule has 0 amide bonds. The lowest BCUT2D eigenvalue weighted by Crippen LogP contribution is -2.07. The molecule has 0 saturated carbocycles. The van der Waals surface area contributed by atoms with E-state index in [9.17, 15) is 4.39 Å². The number of hydrogen-bond donors (Lipinski definition) is 3.